The number of benzene rings is 3. The summed E-state index contributed by atoms with van der Waals surface area (Å²) in [6, 6.07) is 28.0. The van der Waals surface area contributed by atoms with Crippen molar-refractivity contribution in [2.75, 3.05) is 26.2 Å². The molecule has 0 atom stereocenters. The Morgan fingerprint density at radius 2 is 1.43 bits per heavy atom. The quantitative estimate of drug-likeness (QED) is 0.392. The number of hydrogen-bond acceptors (Lipinski definition) is 5. The maximum absolute atomic E-state index is 13.3. The molecule has 8 heteroatoms. The van der Waals surface area contributed by atoms with E-state index in [1.54, 1.807) is 4.68 Å². The predicted molar refractivity (Wildman–Crippen MR) is 135 cm³/mol. The molecular formula is C27H27ClN6O. The Bertz CT molecular complexity index is 1200. The third-order valence-electron chi connectivity index (χ3n) is 6.48. The molecule has 1 aliphatic rings. The van der Waals surface area contributed by atoms with E-state index in [1.807, 2.05) is 65.6 Å². The van der Waals surface area contributed by atoms with E-state index in [2.05, 4.69) is 44.7 Å². The van der Waals surface area contributed by atoms with E-state index in [9.17, 15) is 4.79 Å². The highest BCUT2D eigenvalue weighted by Crippen LogP contribution is 2.29. The van der Waals surface area contributed by atoms with Gasteiger partial charge in [0.15, 0.2) is 5.82 Å². The van der Waals surface area contributed by atoms with Crippen molar-refractivity contribution in [3.63, 3.8) is 0 Å². The molecule has 35 heavy (non-hydrogen) atoms. The van der Waals surface area contributed by atoms with Crippen molar-refractivity contribution < 1.29 is 4.79 Å². The van der Waals surface area contributed by atoms with Gasteiger partial charge in [-0.2, -0.15) is 4.68 Å². The van der Waals surface area contributed by atoms with Crippen molar-refractivity contribution in [3.05, 3.63) is 107 Å². The molecule has 7 nitrogen and oxygen atoms in total. The van der Waals surface area contributed by atoms with Crippen molar-refractivity contribution in [1.82, 2.24) is 30.0 Å². The highest BCUT2D eigenvalue weighted by Gasteiger charge is 2.26. The van der Waals surface area contributed by atoms with E-state index < -0.39 is 0 Å². The lowest BCUT2D eigenvalue weighted by molar-refractivity contribution is -0.133. The fraction of sp³-hybridized carbons (Fsp3) is 0.259. The summed E-state index contributed by atoms with van der Waals surface area (Å²) in [6.07, 6.45) is 0.461. The monoisotopic (exact) mass is 486 g/mol. The van der Waals surface area contributed by atoms with Crippen molar-refractivity contribution in [1.29, 1.82) is 0 Å². The third-order valence-corrected chi connectivity index (χ3v) is 6.73. The zero-order valence-corrected chi connectivity index (χ0v) is 20.1. The average molecular weight is 487 g/mol. The molecule has 3 aromatic carbocycles. The number of aromatic nitrogens is 4. The van der Waals surface area contributed by atoms with E-state index in [1.165, 1.54) is 11.1 Å². The van der Waals surface area contributed by atoms with Crippen molar-refractivity contribution in [3.8, 4) is 5.69 Å². The SMILES string of the molecule is O=C(CC(c1ccccc1)c1ccccc1)N1CCN(Cc2nnnn2-c2ccc(Cl)cc2)CC1. The molecule has 0 radical (unpaired) electrons. The van der Waals surface area contributed by atoms with Crippen LogP contribution in [0, 0.1) is 0 Å². The summed E-state index contributed by atoms with van der Waals surface area (Å²) in [4.78, 5) is 17.6. The number of hydrogen-bond donors (Lipinski definition) is 0. The number of halogens is 1. The lowest BCUT2D eigenvalue weighted by atomic mass is 9.88. The van der Waals surface area contributed by atoms with Gasteiger partial charge in [0.1, 0.15) is 0 Å². The first-order valence-corrected chi connectivity index (χ1v) is 12.2. The van der Waals surface area contributed by atoms with Crippen LogP contribution in [0.15, 0.2) is 84.9 Å². The second kappa shape index (κ2) is 10.8. The predicted octanol–water partition coefficient (Wildman–Crippen LogP) is 4.18. The molecule has 0 aliphatic carbocycles. The van der Waals surface area contributed by atoms with Crippen LogP contribution in [-0.2, 0) is 11.3 Å². The summed E-state index contributed by atoms with van der Waals surface area (Å²) >= 11 is 6.01. The van der Waals surface area contributed by atoms with Crippen LogP contribution in [0.1, 0.15) is 29.3 Å². The highest BCUT2D eigenvalue weighted by molar-refractivity contribution is 6.30. The van der Waals surface area contributed by atoms with Crippen LogP contribution in [0.3, 0.4) is 0 Å². The number of carbonyl (C=O) groups excluding carboxylic acids is 1. The summed E-state index contributed by atoms with van der Waals surface area (Å²) in [5, 5.41) is 12.9. The maximum Gasteiger partial charge on any atom is 0.223 e. The number of tetrazole rings is 1. The van der Waals surface area contributed by atoms with Crippen molar-refractivity contribution in [2.45, 2.75) is 18.9 Å². The van der Waals surface area contributed by atoms with Crippen LogP contribution in [0.2, 0.25) is 5.02 Å². The molecule has 2 heterocycles. The molecular weight excluding hydrogens is 460 g/mol. The van der Waals surface area contributed by atoms with E-state index >= 15 is 0 Å². The first-order chi connectivity index (χ1) is 17.2. The molecule has 1 saturated heterocycles. The molecule has 0 bridgehead atoms. The van der Waals surface area contributed by atoms with Gasteiger partial charge in [0.05, 0.1) is 12.2 Å². The standard InChI is InChI=1S/C27H27ClN6O/c28-23-11-13-24(14-12-23)34-26(29-30-31-34)20-32-15-17-33(18-16-32)27(35)19-25(21-7-3-1-4-8-21)22-9-5-2-6-10-22/h1-14,25H,15-20H2. The zero-order valence-electron chi connectivity index (χ0n) is 19.4. The highest BCUT2D eigenvalue weighted by atomic mass is 35.5. The van der Waals surface area contributed by atoms with Gasteiger partial charge in [0.25, 0.3) is 0 Å². The number of nitrogens with zero attached hydrogens (tertiary/aromatic N) is 6. The number of rotatable bonds is 7. The molecule has 1 amide bonds. The number of piperazine rings is 1. The van der Waals surface area contributed by atoms with Gasteiger partial charge in [-0.15, -0.1) is 5.10 Å². The van der Waals surface area contributed by atoms with Gasteiger partial charge in [0, 0.05) is 43.5 Å². The maximum atomic E-state index is 13.3. The number of amides is 1. The molecule has 0 N–H and O–H groups in total. The van der Waals surface area contributed by atoms with E-state index in [0.29, 0.717) is 31.1 Å². The van der Waals surface area contributed by atoms with E-state index in [0.717, 1.165) is 24.6 Å². The Morgan fingerprint density at radius 3 is 2.03 bits per heavy atom. The molecule has 4 aromatic rings. The van der Waals surface area contributed by atoms with Gasteiger partial charge in [-0.05, 0) is 45.8 Å². The zero-order chi connectivity index (χ0) is 24.0. The van der Waals surface area contributed by atoms with Gasteiger partial charge in [-0.1, -0.05) is 72.3 Å². The third kappa shape index (κ3) is 5.58. The first-order valence-electron chi connectivity index (χ1n) is 11.8. The molecule has 1 aromatic heterocycles. The summed E-state index contributed by atoms with van der Waals surface area (Å²) < 4.78 is 1.73. The van der Waals surface area contributed by atoms with Gasteiger partial charge in [-0.25, -0.2) is 0 Å². The molecule has 0 unspecified atom stereocenters. The second-order valence-electron chi connectivity index (χ2n) is 8.72. The molecule has 5 rings (SSSR count). The van der Waals surface area contributed by atoms with Crippen LogP contribution >= 0.6 is 11.6 Å². The summed E-state index contributed by atoms with van der Waals surface area (Å²) in [5.41, 5.74) is 3.20. The lowest BCUT2D eigenvalue weighted by Crippen LogP contribution is -2.48. The normalized spacial score (nSPS) is 14.4. The summed E-state index contributed by atoms with van der Waals surface area (Å²) in [5.74, 6) is 1.00. The Morgan fingerprint density at radius 1 is 0.829 bits per heavy atom. The van der Waals surface area contributed by atoms with E-state index in [4.69, 9.17) is 11.6 Å². The van der Waals surface area contributed by atoms with Crippen molar-refractivity contribution in [2.24, 2.45) is 0 Å². The van der Waals surface area contributed by atoms with Gasteiger partial charge in [0.2, 0.25) is 5.91 Å². The Hall–Kier alpha value is -3.55. The first kappa shape index (κ1) is 23.2. The van der Waals surface area contributed by atoms with Gasteiger partial charge >= 0.3 is 0 Å². The van der Waals surface area contributed by atoms with Crippen molar-refractivity contribution >= 4 is 17.5 Å². The van der Waals surface area contributed by atoms with Crippen LogP contribution in [-0.4, -0.2) is 62.1 Å². The molecule has 178 valence electrons. The minimum Gasteiger partial charge on any atom is -0.340 e. The van der Waals surface area contributed by atoms with Crippen LogP contribution in [0.25, 0.3) is 5.69 Å². The number of carbonyl (C=O) groups is 1. The largest absolute Gasteiger partial charge is 0.340 e. The van der Waals surface area contributed by atoms with Crippen LogP contribution in [0.4, 0.5) is 0 Å². The fourth-order valence-electron chi connectivity index (χ4n) is 4.55. The van der Waals surface area contributed by atoms with E-state index in [-0.39, 0.29) is 11.8 Å². The average Bonchev–Trinajstić information content (AvgIpc) is 3.37. The molecule has 1 fully saturated rings. The minimum atomic E-state index is 0.0481. The van der Waals surface area contributed by atoms with Crippen LogP contribution in [0.5, 0.6) is 0 Å². The topological polar surface area (TPSA) is 67.2 Å². The van der Waals surface area contributed by atoms with Gasteiger partial charge < -0.3 is 4.90 Å². The minimum absolute atomic E-state index is 0.0481. The Balaban J connectivity index is 1.21. The molecule has 0 spiro atoms. The Kier molecular flexibility index (Phi) is 7.16. The summed E-state index contributed by atoms with van der Waals surface area (Å²) in [6.45, 7) is 3.56. The van der Waals surface area contributed by atoms with Gasteiger partial charge in [-0.3, -0.25) is 9.69 Å². The smallest absolute Gasteiger partial charge is 0.223 e. The van der Waals surface area contributed by atoms with Crippen LogP contribution < -0.4 is 0 Å². The lowest BCUT2D eigenvalue weighted by Gasteiger charge is -2.35. The molecule has 1 aliphatic heterocycles. The fourth-order valence-corrected chi connectivity index (χ4v) is 4.67. The molecule has 0 saturated carbocycles. The Labute approximate surface area is 209 Å². The summed E-state index contributed by atoms with van der Waals surface area (Å²) in [7, 11) is 0. The second-order valence-corrected chi connectivity index (χ2v) is 9.15.